The zero-order valence-electron chi connectivity index (χ0n) is 24.3. The van der Waals surface area contributed by atoms with Gasteiger partial charge < -0.3 is 49.1 Å². The van der Waals surface area contributed by atoms with Crippen LogP contribution in [-0.2, 0) is 14.1 Å². The van der Waals surface area contributed by atoms with Crippen molar-refractivity contribution < 1.29 is 42.8 Å². The summed E-state index contributed by atoms with van der Waals surface area (Å²) >= 11 is 0. The van der Waals surface area contributed by atoms with Crippen molar-refractivity contribution >= 4 is 44.1 Å². The Hall–Kier alpha value is -2.63. The molecular weight excluding hydrogens is 601 g/mol. The fourth-order valence-electron chi connectivity index (χ4n) is 6.32. The van der Waals surface area contributed by atoms with Crippen molar-refractivity contribution in [3.63, 3.8) is 0 Å². The lowest BCUT2D eigenvalue weighted by Gasteiger charge is -2.35. The summed E-state index contributed by atoms with van der Waals surface area (Å²) < 4.78 is 39.4. The molecule has 1 aliphatic carbocycles. The number of benzene rings is 1. The van der Waals surface area contributed by atoms with E-state index in [0.29, 0.717) is 57.2 Å². The lowest BCUT2D eigenvalue weighted by atomic mass is 9.92. The van der Waals surface area contributed by atoms with Gasteiger partial charge in [-0.2, -0.15) is 0 Å². The van der Waals surface area contributed by atoms with E-state index in [9.17, 15) is 28.9 Å². The summed E-state index contributed by atoms with van der Waals surface area (Å²) in [6.45, 7) is 9.77. The summed E-state index contributed by atoms with van der Waals surface area (Å²) in [6, 6.07) is 1.88. The minimum atomic E-state index is -5.15. The second-order valence-electron chi connectivity index (χ2n) is 11.6. The molecule has 3 aliphatic heterocycles. The number of nitrogens with zero attached hydrogens (tertiary/aromatic N) is 3. The molecule has 0 spiro atoms. The van der Waals surface area contributed by atoms with Crippen molar-refractivity contribution in [2.75, 3.05) is 50.2 Å². The van der Waals surface area contributed by atoms with Crippen LogP contribution in [-0.4, -0.2) is 94.7 Å². The SMILES string of the molecule is C=C(OCC(=O)N(C)C(P(=C)(O)O)P(=O)(O)O)C1=CN(C2CC2)c2c(cc(F)c(N3C[C@@H]4CCCN[C@@H]4C3)c2OC)C1=C. The van der Waals surface area contributed by atoms with Crippen LogP contribution in [0, 0.1) is 11.7 Å². The number of methoxy groups -OCH3 is 1. The first-order chi connectivity index (χ1) is 20.1. The van der Waals surface area contributed by atoms with Crippen LogP contribution in [0.2, 0.25) is 0 Å². The van der Waals surface area contributed by atoms with Gasteiger partial charge in [-0.1, -0.05) is 13.2 Å². The molecule has 1 aromatic rings. The highest BCUT2D eigenvalue weighted by atomic mass is 31.2. The maximum Gasteiger partial charge on any atom is 0.356 e. The molecule has 43 heavy (non-hydrogen) atoms. The highest BCUT2D eigenvalue weighted by Crippen LogP contribution is 2.60. The maximum atomic E-state index is 16.0. The molecule has 1 saturated carbocycles. The van der Waals surface area contributed by atoms with E-state index in [1.807, 2.05) is 4.90 Å². The Balaban J connectivity index is 1.40. The molecule has 0 bridgehead atoms. The van der Waals surface area contributed by atoms with E-state index in [-0.39, 0.29) is 11.8 Å². The topological polar surface area (TPSA) is 155 Å². The Morgan fingerprint density at radius 3 is 2.51 bits per heavy atom. The molecule has 236 valence electrons. The smallest absolute Gasteiger partial charge is 0.356 e. The molecule has 0 radical (unpaired) electrons. The molecule has 1 aromatic carbocycles. The summed E-state index contributed by atoms with van der Waals surface area (Å²) in [4.78, 5) is 56.3. The second kappa shape index (κ2) is 11.7. The van der Waals surface area contributed by atoms with E-state index in [0.717, 1.165) is 45.8 Å². The molecule has 2 saturated heterocycles. The molecule has 1 unspecified atom stereocenters. The lowest BCUT2D eigenvalue weighted by molar-refractivity contribution is -0.133. The zero-order valence-corrected chi connectivity index (χ0v) is 26.1. The number of halogens is 1. The first-order valence-electron chi connectivity index (χ1n) is 14.0. The van der Waals surface area contributed by atoms with Gasteiger partial charge in [-0.3, -0.25) is 9.36 Å². The van der Waals surface area contributed by atoms with Gasteiger partial charge in [0.2, 0.25) is 0 Å². The van der Waals surface area contributed by atoms with Gasteiger partial charge in [0.15, 0.2) is 23.7 Å². The monoisotopic (exact) mass is 640 g/mol. The normalized spacial score (nSPS) is 22.9. The van der Waals surface area contributed by atoms with Gasteiger partial charge in [0.05, 0.1) is 12.8 Å². The number of likely N-dealkylation sites (N-methyl/N-ethyl adjacent to an activating group) is 1. The standard InChI is InChI=1S/C28H39FN4O8P2/c1-16-20-11-22(29)26(32-12-18-7-6-10-30-23(18)14-32)27(40-4)25(20)33(19-8-9-19)13-21(16)17(2)41-15-24(34)31(3)28(42(5,35)36)43(37,38)39/h11,13,18-19,23,28,30,35-36H,1-2,5-10,12,14-15H2,3-4H3,(H2,37,38,39)/t18-,23+,28?/m0/s1. The number of ether oxygens (including phenoxy) is 2. The number of carbonyl (C=O) groups excluding carboxylic acids is 1. The minimum Gasteiger partial charge on any atom is -0.492 e. The van der Waals surface area contributed by atoms with Crippen LogP contribution in [0.25, 0.3) is 5.57 Å². The average Bonchev–Trinajstić information content (AvgIpc) is 3.67. The van der Waals surface area contributed by atoms with E-state index >= 15 is 4.39 Å². The fourth-order valence-corrected chi connectivity index (χ4v) is 9.51. The van der Waals surface area contributed by atoms with Gasteiger partial charge in [0.25, 0.3) is 5.91 Å². The first-order valence-corrected chi connectivity index (χ1v) is 17.7. The number of anilines is 2. The van der Waals surface area contributed by atoms with Crippen LogP contribution in [0.15, 0.2) is 36.8 Å². The Morgan fingerprint density at radius 2 is 1.93 bits per heavy atom. The summed E-state index contributed by atoms with van der Waals surface area (Å²) in [5.74, 6) is -0.484. The number of hydrogen-bond donors (Lipinski definition) is 5. The largest absolute Gasteiger partial charge is 0.492 e. The summed E-state index contributed by atoms with van der Waals surface area (Å²) in [7, 11) is -6.99. The number of hydrogen-bond acceptors (Lipinski definition) is 9. The number of nitrogens with one attached hydrogen (secondary N) is 1. The zero-order chi connectivity index (χ0) is 31.4. The van der Waals surface area contributed by atoms with Gasteiger partial charge in [-0.15, -0.1) is 0 Å². The van der Waals surface area contributed by atoms with Gasteiger partial charge >= 0.3 is 7.60 Å². The third-order valence-corrected chi connectivity index (χ3v) is 12.5. The van der Waals surface area contributed by atoms with Crippen molar-refractivity contribution in [1.29, 1.82) is 0 Å². The summed E-state index contributed by atoms with van der Waals surface area (Å²) in [5, 5.41) is 3.56. The lowest BCUT2D eigenvalue weighted by Crippen LogP contribution is -2.40. The number of rotatable bonds is 10. The molecule has 3 fully saturated rings. The second-order valence-corrected chi connectivity index (χ2v) is 15.7. The summed E-state index contributed by atoms with van der Waals surface area (Å²) in [5.41, 5.74) is 0.223. The fraction of sp³-hybridized carbons (Fsp3) is 0.500. The third kappa shape index (κ3) is 6.17. The van der Waals surface area contributed by atoms with E-state index in [1.165, 1.54) is 13.2 Å². The van der Waals surface area contributed by atoms with E-state index < -0.39 is 38.8 Å². The van der Waals surface area contributed by atoms with Crippen molar-refractivity contribution in [3.05, 3.63) is 48.1 Å². The highest BCUT2D eigenvalue weighted by molar-refractivity contribution is 7.76. The number of allylic oxidation sites excluding steroid dienone is 1. The molecule has 3 atom stereocenters. The van der Waals surface area contributed by atoms with Crippen molar-refractivity contribution in [2.45, 2.75) is 43.3 Å². The molecule has 5 N–H and O–H groups in total. The molecule has 3 heterocycles. The number of amides is 1. The predicted octanol–water partition coefficient (Wildman–Crippen LogP) is 2.62. The molecule has 1 amide bonds. The van der Waals surface area contributed by atoms with Gasteiger partial charge in [0, 0.05) is 49.6 Å². The van der Waals surface area contributed by atoms with Crippen LogP contribution >= 0.6 is 14.9 Å². The highest BCUT2D eigenvalue weighted by Gasteiger charge is 2.44. The quantitative estimate of drug-likeness (QED) is 0.189. The van der Waals surface area contributed by atoms with Crippen LogP contribution in [0.1, 0.15) is 31.2 Å². The Morgan fingerprint density at radius 1 is 1.23 bits per heavy atom. The predicted molar refractivity (Wildman–Crippen MR) is 164 cm³/mol. The van der Waals surface area contributed by atoms with E-state index in [1.54, 1.807) is 6.20 Å². The minimum absolute atomic E-state index is 0.0256. The Bertz CT molecular complexity index is 1430. The van der Waals surface area contributed by atoms with Gasteiger partial charge in [-0.25, -0.2) is 4.39 Å². The van der Waals surface area contributed by atoms with Crippen molar-refractivity contribution in [1.82, 2.24) is 10.2 Å². The molecule has 15 heteroatoms. The van der Waals surface area contributed by atoms with E-state index in [4.69, 9.17) is 9.47 Å². The number of piperidine rings is 1. The summed E-state index contributed by atoms with van der Waals surface area (Å²) in [6.07, 6.45) is 8.84. The van der Waals surface area contributed by atoms with Crippen molar-refractivity contribution in [3.8, 4) is 5.75 Å². The van der Waals surface area contributed by atoms with E-state index in [2.05, 4.69) is 29.7 Å². The number of carbonyl (C=O) groups is 1. The van der Waals surface area contributed by atoms with Crippen LogP contribution in [0.3, 0.4) is 0 Å². The Labute approximate surface area is 250 Å². The number of fused-ring (bicyclic) bond motifs is 2. The van der Waals surface area contributed by atoms with Gasteiger partial charge in [-0.05, 0) is 56.1 Å². The molecule has 0 aromatic heterocycles. The molecular formula is C28H39FN4O8P2. The Kier molecular flexibility index (Phi) is 8.65. The molecule has 5 rings (SSSR count). The van der Waals surface area contributed by atoms with Crippen molar-refractivity contribution in [2.24, 2.45) is 5.92 Å². The van der Waals surface area contributed by atoms with Crippen LogP contribution in [0.4, 0.5) is 15.8 Å². The van der Waals surface area contributed by atoms with Gasteiger partial charge in [0.1, 0.15) is 18.8 Å². The molecule has 4 aliphatic rings. The third-order valence-electron chi connectivity index (χ3n) is 8.50. The van der Waals surface area contributed by atoms with Crippen LogP contribution in [0.5, 0.6) is 5.75 Å². The average molecular weight is 641 g/mol. The maximum absolute atomic E-state index is 16.0. The molecule has 12 nitrogen and oxygen atoms in total. The van der Waals surface area contributed by atoms with Crippen LogP contribution < -0.4 is 19.9 Å². The first kappa shape index (κ1) is 31.8.